The molecular weight excluding hydrogens is 479 g/mol. The van der Waals surface area contributed by atoms with Crippen molar-refractivity contribution < 1.29 is 26.4 Å². The van der Waals surface area contributed by atoms with Gasteiger partial charge in [-0.1, -0.05) is 17.7 Å². The third-order valence-corrected chi connectivity index (χ3v) is 6.93. The number of likely N-dealkylation sites (tertiary alicyclic amines) is 1. The topological polar surface area (TPSA) is 78.5 Å². The van der Waals surface area contributed by atoms with Crippen LogP contribution < -0.4 is 10.0 Å². The van der Waals surface area contributed by atoms with Gasteiger partial charge in [-0.2, -0.15) is 0 Å². The summed E-state index contributed by atoms with van der Waals surface area (Å²) < 4.78 is 70.0. The highest BCUT2D eigenvalue weighted by Gasteiger charge is 2.42. The summed E-state index contributed by atoms with van der Waals surface area (Å²) in [5.41, 5.74) is -2.65. The number of halogens is 4. The summed E-state index contributed by atoms with van der Waals surface area (Å²) >= 11 is 5.90. The summed E-state index contributed by atoms with van der Waals surface area (Å²) in [6.45, 7) is 2.19. The van der Waals surface area contributed by atoms with Crippen LogP contribution in [-0.2, 0) is 10.0 Å². The van der Waals surface area contributed by atoms with Crippen molar-refractivity contribution >= 4 is 33.3 Å². The van der Waals surface area contributed by atoms with Crippen molar-refractivity contribution in [1.29, 1.82) is 0 Å². The van der Waals surface area contributed by atoms with Crippen LogP contribution in [0.25, 0.3) is 0 Å². The van der Waals surface area contributed by atoms with Gasteiger partial charge in [0.1, 0.15) is 17.3 Å². The number of hydrogen-bond acceptors (Lipinski definition) is 3. The Bertz CT molecular complexity index is 1080. The Morgan fingerprint density at radius 1 is 1.27 bits per heavy atom. The number of anilines is 1. The SMILES string of the molecule is CC1(F)C=CC=C(F)C1c1c(NC(=O)N2CCC[C@H](CNS(C)(=O)=O)CC2)ccc(Cl)c1F. The smallest absolute Gasteiger partial charge is 0.321 e. The standard InChI is InChI=1S/C22H27ClF3N3O3S/c1-22(26)10-3-6-16(24)19(22)18-17(8-7-15(23)20(18)25)28-21(30)29-11-4-5-14(9-12-29)13-27-33(2,31)32/h3,6-8,10,14,19,27H,4-5,9,11-13H2,1-2H3,(H,28,30)/t14-,19?,22?/m0/s1. The van der Waals surface area contributed by atoms with Gasteiger partial charge in [-0.3, -0.25) is 0 Å². The summed E-state index contributed by atoms with van der Waals surface area (Å²) in [5.74, 6) is -3.41. The van der Waals surface area contributed by atoms with E-state index in [0.717, 1.165) is 31.8 Å². The van der Waals surface area contributed by atoms with Gasteiger partial charge in [0.2, 0.25) is 10.0 Å². The fourth-order valence-electron chi connectivity index (χ4n) is 4.20. The minimum Gasteiger partial charge on any atom is -0.325 e. The number of rotatable bonds is 5. The average molecular weight is 506 g/mol. The number of carbonyl (C=O) groups excluding carboxylic acids is 1. The second-order valence-corrected chi connectivity index (χ2v) is 10.9. The summed E-state index contributed by atoms with van der Waals surface area (Å²) in [7, 11) is -3.30. The Labute approximate surface area is 196 Å². The fourth-order valence-corrected chi connectivity index (χ4v) is 4.91. The van der Waals surface area contributed by atoms with Crippen molar-refractivity contribution in [3.8, 4) is 0 Å². The van der Waals surface area contributed by atoms with Crippen LogP contribution in [0.15, 0.2) is 36.2 Å². The number of alkyl halides is 1. The third-order valence-electron chi connectivity index (χ3n) is 5.95. The van der Waals surface area contributed by atoms with E-state index < -0.39 is 39.3 Å². The highest BCUT2D eigenvalue weighted by atomic mass is 35.5. The second kappa shape index (κ2) is 10.1. The molecule has 3 atom stereocenters. The minimum absolute atomic E-state index is 0.0610. The molecule has 0 saturated carbocycles. The Hall–Kier alpha value is -2.04. The molecule has 2 amide bonds. The molecule has 2 aliphatic rings. The molecular formula is C22H27ClF3N3O3S. The molecule has 1 saturated heterocycles. The van der Waals surface area contributed by atoms with Crippen LogP contribution in [0.2, 0.25) is 5.02 Å². The van der Waals surface area contributed by atoms with Crippen molar-refractivity contribution in [1.82, 2.24) is 9.62 Å². The van der Waals surface area contributed by atoms with Crippen LogP contribution in [0.3, 0.4) is 0 Å². The molecule has 11 heteroatoms. The normalized spacial score (nSPS) is 26.0. The highest BCUT2D eigenvalue weighted by molar-refractivity contribution is 7.88. The van der Waals surface area contributed by atoms with Gasteiger partial charge >= 0.3 is 6.03 Å². The maximum atomic E-state index is 15.2. The number of allylic oxidation sites excluding steroid dienone is 4. The summed E-state index contributed by atoms with van der Waals surface area (Å²) in [4.78, 5) is 14.5. The van der Waals surface area contributed by atoms with E-state index in [1.807, 2.05) is 0 Å². The first-order chi connectivity index (χ1) is 15.4. The van der Waals surface area contributed by atoms with Crippen LogP contribution in [0, 0.1) is 11.7 Å². The summed E-state index contributed by atoms with van der Waals surface area (Å²) in [6, 6.07) is 2.02. The second-order valence-electron chi connectivity index (χ2n) is 8.65. The van der Waals surface area contributed by atoms with Gasteiger partial charge < -0.3 is 10.2 Å². The molecule has 2 N–H and O–H groups in total. The number of hydrogen-bond donors (Lipinski definition) is 2. The van der Waals surface area contributed by atoms with E-state index in [1.165, 1.54) is 23.1 Å². The van der Waals surface area contributed by atoms with Gasteiger partial charge in [-0.05, 0) is 56.4 Å². The first-order valence-electron chi connectivity index (χ1n) is 10.6. The lowest BCUT2D eigenvalue weighted by Gasteiger charge is -2.31. The van der Waals surface area contributed by atoms with Crippen LogP contribution in [0.5, 0.6) is 0 Å². The molecule has 1 aliphatic heterocycles. The zero-order valence-electron chi connectivity index (χ0n) is 18.4. The van der Waals surface area contributed by atoms with E-state index in [2.05, 4.69) is 10.0 Å². The molecule has 1 fully saturated rings. The number of nitrogens with one attached hydrogen (secondary N) is 2. The summed E-state index contributed by atoms with van der Waals surface area (Å²) in [5, 5.41) is 2.29. The van der Waals surface area contributed by atoms with Crippen LogP contribution >= 0.6 is 11.6 Å². The molecule has 1 aromatic rings. The van der Waals surface area contributed by atoms with Gasteiger partial charge in [-0.15, -0.1) is 0 Å². The predicted octanol–water partition coefficient (Wildman–Crippen LogP) is 4.90. The monoisotopic (exact) mass is 505 g/mol. The maximum Gasteiger partial charge on any atom is 0.321 e. The van der Waals surface area contributed by atoms with Gasteiger partial charge in [-0.25, -0.2) is 31.1 Å². The van der Waals surface area contributed by atoms with Gasteiger partial charge in [0.05, 0.1) is 17.2 Å². The Kier molecular flexibility index (Phi) is 7.80. The lowest BCUT2D eigenvalue weighted by molar-refractivity contribution is 0.204. The number of amides is 2. The van der Waals surface area contributed by atoms with E-state index >= 15 is 8.78 Å². The van der Waals surface area contributed by atoms with Crippen molar-refractivity contribution in [2.45, 2.75) is 37.8 Å². The molecule has 1 heterocycles. The van der Waals surface area contributed by atoms with Crippen molar-refractivity contribution in [3.05, 3.63) is 52.6 Å². The van der Waals surface area contributed by atoms with E-state index in [-0.39, 0.29) is 28.7 Å². The predicted molar refractivity (Wildman–Crippen MR) is 123 cm³/mol. The van der Waals surface area contributed by atoms with E-state index in [9.17, 15) is 17.6 Å². The lowest BCUT2D eigenvalue weighted by Crippen LogP contribution is -2.37. The molecule has 33 heavy (non-hydrogen) atoms. The molecule has 0 radical (unpaired) electrons. The minimum atomic E-state index is -3.30. The third kappa shape index (κ3) is 6.30. The van der Waals surface area contributed by atoms with Crippen molar-refractivity contribution in [3.63, 3.8) is 0 Å². The Balaban J connectivity index is 1.79. The number of urea groups is 1. The van der Waals surface area contributed by atoms with Gasteiger partial charge in [0.15, 0.2) is 0 Å². The first-order valence-corrected chi connectivity index (χ1v) is 12.9. The van der Waals surface area contributed by atoms with E-state index in [0.29, 0.717) is 25.9 Å². The van der Waals surface area contributed by atoms with Gasteiger partial charge in [0.25, 0.3) is 0 Å². The van der Waals surface area contributed by atoms with Crippen molar-refractivity contribution in [2.75, 3.05) is 31.2 Å². The maximum absolute atomic E-state index is 15.2. The molecule has 0 bridgehead atoms. The zero-order chi connectivity index (χ0) is 24.4. The van der Waals surface area contributed by atoms with Crippen LogP contribution in [-0.4, -0.2) is 50.9 Å². The van der Waals surface area contributed by atoms with Crippen LogP contribution in [0.4, 0.5) is 23.7 Å². The van der Waals surface area contributed by atoms with E-state index in [4.69, 9.17) is 11.6 Å². The number of nitrogens with zero attached hydrogens (tertiary/aromatic N) is 1. The molecule has 2 unspecified atom stereocenters. The molecule has 3 rings (SSSR count). The summed E-state index contributed by atoms with van der Waals surface area (Å²) in [6.07, 6.45) is 6.46. The first kappa shape index (κ1) is 25.6. The lowest BCUT2D eigenvalue weighted by atomic mass is 9.80. The zero-order valence-corrected chi connectivity index (χ0v) is 19.9. The Morgan fingerprint density at radius 2 is 2.00 bits per heavy atom. The molecule has 6 nitrogen and oxygen atoms in total. The molecule has 1 aliphatic carbocycles. The van der Waals surface area contributed by atoms with Gasteiger partial charge in [0, 0.05) is 30.9 Å². The number of carbonyl (C=O) groups is 1. The number of benzene rings is 1. The average Bonchev–Trinajstić information content (AvgIpc) is 2.96. The molecule has 1 aromatic carbocycles. The molecule has 182 valence electrons. The quantitative estimate of drug-likeness (QED) is 0.597. The molecule has 0 aromatic heterocycles. The largest absolute Gasteiger partial charge is 0.325 e. The fraction of sp³-hybridized carbons (Fsp3) is 0.500. The highest BCUT2D eigenvalue weighted by Crippen LogP contribution is 2.46. The van der Waals surface area contributed by atoms with E-state index in [1.54, 1.807) is 0 Å². The molecule has 0 spiro atoms. The number of sulfonamides is 1. The van der Waals surface area contributed by atoms with Crippen LogP contribution in [0.1, 0.15) is 37.7 Å². The van der Waals surface area contributed by atoms with Crippen molar-refractivity contribution in [2.24, 2.45) is 5.92 Å². The Morgan fingerprint density at radius 3 is 2.67 bits per heavy atom.